The molecule has 1 spiro atoms. The molecule has 0 bridgehead atoms. The number of carbonyl (C=O) groups is 2. The van der Waals surface area contributed by atoms with Crippen LogP contribution in [-0.4, -0.2) is 78.1 Å². The topological polar surface area (TPSA) is 64.7 Å². The van der Waals surface area contributed by atoms with Crippen molar-refractivity contribution in [3.8, 4) is 0 Å². The average molecular weight is 421 g/mol. The molecular formula is C23H37FN4O2. The van der Waals surface area contributed by atoms with Crippen molar-refractivity contribution < 1.29 is 14.0 Å². The first-order chi connectivity index (χ1) is 14.3. The molecule has 2 aliphatic carbocycles. The normalized spacial score (nSPS) is 42.9. The standard InChI is InChI=1S/C23H37FN4O2/c1-14-6-7-19(24)18-9-20(26-21(14)18)22(30)25-16-4-3-5-17(8-16)28-12-23(13-28)10-27(11-23)15(2)29/h14,16-21,26H,3-13H2,1-2H3,(H,25,30)/t14?,16-,17+,18?,19?,20?,21?/m1/s1. The molecule has 5 rings (SSSR count). The maximum Gasteiger partial charge on any atom is 0.237 e. The predicted octanol–water partition coefficient (Wildman–Crippen LogP) is 1.69. The van der Waals surface area contributed by atoms with Crippen LogP contribution in [-0.2, 0) is 9.59 Å². The first-order valence-corrected chi connectivity index (χ1v) is 12.0. The lowest BCUT2D eigenvalue weighted by Gasteiger charge is -2.62. The summed E-state index contributed by atoms with van der Waals surface area (Å²) >= 11 is 0. The molecule has 2 amide bonds. The maximum absolute atomic E-state index is 14.4. The SMILES string of the molecule is CC(=O)N1CC2(C1)CN([C@H]1CCC[C@@H](NC(=O)C3CC4C(F)CCC(C)C4N3)C1)C2. The molecule has 0 radical (unpaired) electrons. The molecule has 5 unspecified atom stereocenters. The molecule has 3 saturated heterocycles. The lowest BCUT2D eigenvalue weighted by atomic mass is 9.71. The van der Waals surface area contributed by atoms with E-state index in [2.05, 4.69) is 22.5 Å². The Morgan fingerprint density at radius 3 is 2.53 bits per heavy atom. The highest BCUT2D eigenvalue weighted by Crippen LogP contribution is 2.43. The number of rotatable bonds is 3. The van der Waals surface area contributed by atoms with Gasteiger partial charge in [-0.05, 0) is 50.9 Å². The highest BCUT2D eigenvalue weighted by atomic mass is 19.1. The molecule has 7 atom stereocenters. The molecule has 3 heterocycles. The van der Waals surface area contributed by atoms with Gasteiger partial charge in [-0.25, -0.2) is 4.39 Å². The van der Waals surface area contributed by atoms with Crippen LogP contribution < -0.4 is 10.6 Å². The van der Waals surface area contributed by atoms with E-state index >= 15 is 0 Å². The Balaban J connectivity index is 1.10. The summed E-state index contributed by atoms with van der Waals surface area (Å²) < 4.78 is 14.4. The van der Waals surface area contributed by atoms with Crippen LogP contribution in [0.15, 0.2) is 0 Å². The third-order valence-electron chi connectivity index (χ3n) is 8.74. The van der Waals surface area contributed by atoms with Gasteiger partial charge in [0.25, 0.3) is 0 Å². The number of hydrogen-bond donors (Lipinski definition) is 2. The molecule has 168 valence electrons. The minimum absolute atomic E-state index is 0.00192. The van der Waals surface area contributed by atoms with Crippen molar-refractivity contribution in [1.82, 2.24) is 20.4 Å². The van der Waals surface area contributed by atoms with E-state index in [1.807, 2.05) is 4.90 Å². The summed E-state index contributed by atoms with van der Waals surface area (Å²) in [5.74, 6) is 0.708. The lowest BCUT2D eigenvalue weighted by Crippen LogP contribution is -2.74. The molecule has 0 aromatic carbocycles. The second kappa shape index (κ2) is 7.73. The van der Waals surface area contributed by atoms with Crippen LogP contribution >= 0.6 is 0 Å². The number of nitrogens with one attached hydrogen (secondary N) is 2. The molecule has 2 saturated carbocycles. The molecule has 0 aromatic rings. The van der Waals surface area contributed by atoms with Gasteiger partial charge in [0, 0.05) is 62.6 Å². The smallest absolute Gasteiger partial charge is 0.237 e. The Morgan fingerprint density at radius 2 is 1.83 bits per heavy atom. The Morgan fingerprint density at radius 1 is 1.07 bits per heavy atom. The number of alkyl halides is 1. The molecule has 5 aliphatic rings. The fourth-order valence-corrected chi connectivity index (χ4v) is 6.99. The first-order valence-electron chi connectivity index (χ1n) is 12.0. The van der Waals surface area contributed by atoms with Gasteiger partial charge in [0.2, 0.25) is 11.8 Å². The summed E-state index contributed by atoms with van der Waals surface area (Å²) in [6.45, 7) is 7.84. The van der Waals surface area contributed by atoms with Crippen molar-refractivity contribution in [2.24, 2.45) is 17.3 Å². The third kappa shape index (κ3) is 3.66. The number of amides is 2. The molecule has 3 aliphatic heterocycles. The fraction of sp³-hybridized carbons (Fsp3) is 0.913. The van der Waals surface area contributed by atoms with Gasteiger partial charge in [-0.2, -0.15) is 0 Å². The monoisotopic (exact) mass is 420 g/mol. The van der Waals surface area contributed by atoms with E-state index < -0.39 is 6.17 Å². The van der Waals surface area contributed by atoms with E-state index in [0.29, 0.717) is 30.2 Å². The zero-order valence-corrected chi connectivity index (χ0v) is 18.4. The Kier molecular flexibility index (Phi) is 5.33. The first kappa shape index (κ1) is 20.7. The van der Waals surface area contributed by atoms with Crippen molar-refractivity contribution in [1.29, 1.82) is 0 Å². The quantitative estimate of drug-likeness (QED) is 0.729. The van der Waals surface area contributed by atoms with Crippen LogP contribution in [0.1, 0.15) is 58.8 Å². The van der Waals surface area contributed by atoms with Crippen LogP contribution in [0, 0.1) is 17.3 Å². The number of hydrogen-bond acceptors (Lipinski definition) is 4. The minimum Gasteiger partial charge on any atom is -0.352 e. The van der Waals surface area contributed by atoms with Gasteiger partial charge in [-0.15, -0.1) is 0 Å². The Labute approximate surface area is 179 Å². The maximum atomic E-state index is 14.4. The van der Waals surface area contributed by atoms with Crippen LogP contribution in [0.25, 0.3) is 0 Å². The van der Waals surface area contributed by atoms with Gasteiger partial charge in [-0.3, -0.25) is 14.5 Å². The lowest BCUT2D eigenvalue weighted by molar-refractivity contribution is -0.162. The van der Waals surface area contributed by atoms with Crippen molar-refractivity contribution in [2.45, 2.75) is 89.1 Å². The Hall–Kier alpha value is -1.21. The van der Waals surface area contributed by atoms with Gasteiger partial charge >= 0.3 is 0 Å². The van der Waals surface area contributed by atoms with E-state index in [4.69, 9.17) is 0 Å². The van der Waals surface area contributed by atoms with Crippen LogP contribution in [0.5, 0.6) is 0 Å². The molecular weight excluding hydrogens is 383 g/mol. The number of halogens is 1. The van der Waals surface area contributed by atoms with Crippen LogP contribution in [0.4, 0.5) is 4.39 Å². The van der Waals surface area contributed by atoms with Crippen LogP contribution in [0.2, 0.25) is 0 Å². The third-order valence-corrected chi connectivity index (χ3v) is 8.74. The van der Waals surface area contributed by atoms with E-state index in [9.17, 15) is 14.0 Å². The fourth-order valence-electron chi connectivity index (χ4n) is 6.99. The number of carbonyl (C=O) groups excluding carboxylic acids is 2. The molecule has 30 heavy (non-hydrogen) atoms. The van der Waals surface area contributed by atoms with Crippen molar-refractivity contribution in [3.05, 3.63) is 0 Å². The zero-order valence-electron chi connectivity index (χ0n) is 18.4. The van der Waals surface area contributed by atoms with Gasteiger partial charge in [0.15, 0.2) is 0 Å². The second-order valence-corrected chi connectivity index (χ2v) is 11.0. The minimum atomic E-state index is -0.764. The summed E-state index contributed by atoms with van der Waals surface area (Å²) in [6, 6.07) is 0.679. The number of fused-ring (bicyclic) bond motifs is 1. The summed E-state index contributed by atoms with van der Waals surface area (Å²) in [5.41, 5.74) is 0.339. The number of likely N-dealkylation sites (tertiary alicyclic amines) is 2. The summed E-state index contributed by atoms with van der Waals surface area (Å²) in [4.78, 5) is 28.9. The van der Waals surface area contributed by atoms with Gasteiger partial charge in [-0.1, -0.05) is 6.92 Å². The summed E-state index contributed by atoms with van der Waals surface area (Å²) in [7, 11) is 0. The van der Waals surface area contributed by atoms with Crippen LogP contribution in [0.3, 0.4) is 0 Å². The summed E-state index contributed by atoms with van der Waals surface area (Å²) in [5, 5.41) is 6.76. The van der Waals surface area contributed by atoms with Gasteiger partial charge in [0.1, 0.15) is 6.17 Å². The molecule has 6 nitrogen and oxygen atoms in total. The van der Waals surface area contributed by atoms with Gasteiger partial charge in [0.05, 0.1) is 6.04 Å². The predicted molar refractivity (Wildman–Crippen MR) is 113 cm³/mol. The van der Waals surface area contributed by atoms with Crippen molar-refractivity contribution in [3.63, 3.8) is 0 Å². The zero-order chi connectivity index (χ0) is 21.0. The second-order valence-electron chi connectivity index (χ2n) is 11.0. The van der Waals surface area contributed by atoms with E-state index in [0.717, 1.165) is 51.9 Å². The van der Waals surface area contributed by atoms with Crippen molar-refractivity contribution in [2.75, 3.05) is 26.2 Å². The largest absolute Gasteiger partial charge is 0.352 e. The summed E-state index contributed by atoms with van der Waals surface area (Å²) in [6.07, 6.45) is 5.83. The van der Waals surface area contributed by atoms with Crippen molar-refractivity contribution >= 4 is 11.8 Å². The molecule has 5 fully saturated rings. The molecule has 7 heteroatoms. The van der Waals surface area contributed by atoms with E-state index in [-0.39, 0.29) is 35.9 Å². The highest BCUT2D eigenvalue weighted by Gasteiger charge is 2.54. The average Bonchev–Trinajstić information content (AvgIpc) is 3.10. The van der Waals surface area contributed by atoms with E-state index in [1.54, 1.807) is 6.92 Å². The number of nitrogens with zero attached hydrogens (tertiary/aromatic N) is 2. The van der Waals surface area contributed by atoms with E-state index in [1.165, 1.54) is 6.42 Å². The molecule has 2 N–H and O–H groups in total. The highest BCUT2D eigenvalue weighted by molar-refractivity contribution is 5.82. The Bertz CT molecular complexity index is 671. The van der Waals surface area contributed by atoms with Gasteiger partial charge < -0.3 is 15.5 Å². The molecule has 0 aromatic heterocycles.